The molecule has 0 aliphatic carbocycles. The van der Waals surface area contributed by atoms with Gasteiger partial charge in [0.2, 0.25) is 0 Å². The molecule has 0 saturated carbocycles. The van der Waals surface area contributed by atoms with Gasteiger partial charge in [-0.15, -0.1) is 0 Å². The molecule has 3 heteroatoms. The lowest BCUT2D eigenvalue weighted by Crippen LogP contribution is -2.34. The molecule has 3 nitrogen and oxygen atoms in total. The first-order valence-corrected chi connectivity index (χ1v) is 5.78. The van der Waals surface area contributed by atoms with E-state index >= 15 is 0 Å². The van der Waals surface area contributed by atoms with Crippen LogP contribution in [0.1, 0.15) is 30.4 Å². The van der Waals surface area contributed by atoms with Gasteiger partial charge in [0.1, 0.15) is 6.04 Å². The van der Waals surface area contributed by atoms with E-state index < -0.39 is 12.0 Å². The molecule has 16 heavy (non-hydrogen) atoms. The maximum Gasteiger partial charge on any atom is 0.321 e. The van der Waals surface area contributed by atoms with Crippen molar-refractivity contribution in [2.24, 2.45) is 0 Å². The van der Waals surface area contributed by atoms with Crippen LogP contribution < -0.4 is 5.32 Å². The molecule has 1 saturated heterocycles. The maximum absolute atomic E-state index is 11.1. The van der Waals surface area contributed by atoms with Crippen LogP contribution in [0.2, 0.25) is 0 Å². The number of carboxylic acid groups (broad SMARTS) is 1. The van der Waals surface area contributed by atoms with E-state index in [1.807, 2.05) is 12.1 Å². The Kier molecular flexibility index (Phi) is 3.25. The summed E-state index contributed by atoms with van der Waals surface area (Å²) in [4.78, 5) is 11.1. The maximum atomic E-state index is 11.1. The van der Waals surface area contributed by atoms with Crippen molar-refractivity contribution in [2.45, 2.75) is 31.7 Å². The van der Waals surface area contributed by atoms with Crippen molar-refractivity contribution >= 4 is 5.97 Å². The van der Waals surface area contributed by atoms with Crippen LogP contribution in [0.25, 0.3) is 0 Å². The molecule has 2 unspecified atom stereocenters. The Hall–Kier alpha value is -1.35. The molecule has 0 spiro atoms. The van der Waals surface area contributed by atoms with Crippen molar-refractivity contribution in [1.29, 1.82) is 0 Å². The fourth-order valence-corrected chi connectivity index (χ4v) is 2.52. The molecule has 0 bridgehead atoms. The van der Waals surface area contributed by atoms with E-state index in [1.165, 1.54) is 11.1 Å². The number of benzene rings is 1. The highest BCUT2D eigenvalue weighted by atomic mass is 16.4. The zero-order valence-corrected chi connectivity index (χ0v) is 9.44. The summed E-state index contributed by atoms with van der Waals surface area (Å²) in [6.45, 7) is 2.90. The summed E-state index contributed by atoms with van der Waals surface area (Å²) >= 11 is 0. The standard InChI is InChI=1S/C13H17NO2/c1-2-9-5-3-4-6-10(9)11-7-8-14-12(11)13(15)16/h3-6,11-12,14H,2,7-8H2,1H3,(H,15,16). The Morgan fingerprint density at radius 1 is 1.50 bits per heavy atom. The largest absolute Gasteiger partial charge is 0.480 e. The molecule has 1 aliphatic heterocycles. The van der Waals surface area contributed by atoms with Gasteiger partial charge in [-0.25, -0.2) is 0 Å². The van der Waals surface area contributed by atoms with Gasteiger partial charge in [0.25, 0.3) is 0 Å². The van der Waals surface area contributed by atoms with Gasteiger partial charge in [-0.1, -0.05) is 31.2 Å². The van der Waals surface area contributed by atoms with E-state index in [9.17, 15) is 4.79 Å². The number of carboxylic acids is 1. The molecule has 2 rings (SSSR count). The third kappa shape index (κ3) is 1.95. The lowest BCUT2D eigenvalue weighted by molar-refractivity contribution is -0.139. The number of aliphatic carboxylic acids is 1. The third-order valence-electron chi connectivity index (χ3n) is 3.32. The molecule has 1 fully saturated rings. The summed E-state index contributed by atoms with van der Waals surface area (Å²) in [7, 11) is 0. The number of rotatable bonds is 3. The van der Waals surface area contributed by atoms with E-state index in [0.29, 0.717) is 0 Å². The number of hydrogen-bond donors (Lipinski definition) is 2. The molecule has 1 aromatic rings. The van der Waals surface area contributed by atoms with Crippen LogP contribution in [0.3, 0.4) is 0 Å². The van der Waals surface area contributed by atoms with Gasteiger partial charge in [0, 0.05) is 5.92 Å². The Morgan fingerprint density at radius 2 is 2.25 bits per heavy atom. The molecule has 0 aromatic heterocycles. The first-order valence-electron chi connectivity index (χ1n) is 5.78. The zero-order valence-electron chi connectivity index (χ0n) is 9.44. The van der Waals surface area contributed by atoms with Gasteiger partial charge in [0.15, 0.2) is 0 Å². The average Bonchev–Trinajstić information content (AvgIpc) is 2.77. The predicted octanol–water partition coefficient (Wildman–Crippen LogP) is 1.78. The normalized spacial score (nSPS) is 24.6. The summed E-state index contributed by atoms with van der Waals surface area (Å²) in [6, 6.07) is 7.73. The van der Waals surface area contributed by atoms with Crippen LogP contribution >= 0.6 is 0 Å². The van der Waals surface area contributed by atoms with Crippen molar-refractivity contribution in [3.05, 3.63) is 35.4 Å². The lowest BCUT2D eigenvalue weighted by Gasteiger charge is -2.18. The second kappa shape index (κ2) is 4.66. The molecule has 0 radical (unpaired) electrons. The van der Waals surface area contributed by atoms with Crippen LogP contribution in [-0.4, -0.2) is 23.7 Å². The van der Waals surface area contributed by atoms with Crippen LogP contribution in [0.15, 0.2) is 24.3 Å². The molecule has 2 atom stereocenters. The van der Waals surface area contributed by atoms with Crippen molar-refractivity contribution in [1.82, 2.24) is 5.32 Å². The van der Waals surface area contributed by atoms with Crippen LogP contribution in [0, 0.1) is 0 Å². The fourth-order valence-electron chi connectivity index (χ4n) is 2.52. The quantitative estimate of drug-likeness (QED) is 0.814. The summed E-state index contributed by atoms with van der Waals surface area (Å²) in [5.74, 6) is -0.623. The Balaban J connectivity index is 2.32. The summed E-state index contributed by atoms with van der Waals surface area (Å²) in [6.07, 6.45) is 1.87. The SMILES string of the molecule is CCc1ccccc1C1CCNC1C(=O)O. The van der Waals surface area contributed by atoms with Crippen molar-refractivity contribution in [3.63, 3.8) is 0 Å². The molecular formula is C13H17NO2. The lowest BCUT2D eigenvalue weighted by atomic mass is 9.88. The Labute approximate surface area is 95.5 Å². The number of nitrogens with one attached hydrogen (secondary N) is 1. The van der Waals surface area contributed by atoms with Crippen LogP contribution in [0.4, 0.5) is 0 Å². The van der Waals surface area contributed by atoms with E-state index in [2.05, 4.69) is 24.4 Å². The summed E-state index contributed by atoms with van der Waals surface area (Å²) in [5, 5.41) is 12.2. The number of aryl methyl sites for hydroxylation is 1. The van der Waals surface area contributed by atoms with Crippen molar-refractivity contribution in [3.8, 4) is 0 Å². The van der Waals surface area contributed by atoms with E-state index in [-0.39, 0.29) is 5.92 Å². The van der Waals surface area contributed by atoms with E-state index in [1.54, 1.807) is 0 Å². The Bertz CT molecular complexity index is 389. The predicted molar refractivity (Wildman–Crippen MR) is 62.6 cm³/mol. The first kappa shape index (κ1) is 11.1. The first-order chi connectivity index (χ1) is 7.74. The van der Waals surface area contributed by atoms with Gasteiger partial charge in [0.05, 0.1) is 0 Å². The fraction of sp³-hybridized carbons (Fsp3) is 0.462. The zero-order chi connectivity index (χ0) is 11.5. The highest BCUT2D eigenvalue weighted by Crippen LogP contribution is 2.30. The van der Waals surface area contributed by atoms with Gasteiger partial charge in [-0.3, -0.25) is 4.79 Å². The minimum Gasteiger partial charge on any atom is -0.480 e. The monoisotopic (exact) mass is 219 g/mol. The number of carbonyl (C=O) groups is 1. The van der Waals surface area contributed by atoms with Gasteiger partial charge < -0.3 is 10.4 Å². The topological polar surface area (TPSA) is 49.3 Å². The highest BCUT2D eigenvalue weighted by Gasteiger charge is 2.34. The average molecular weight is 219 g/mol. The van der Waals surface area contributed by atoms with Crippen LogP contribution in [0.5, 0.6) is 0 Å². The molecule has 2 N–H and O–H groups in total. The summed E-state index contributed by atoms with van der Waals surface area (Å²) < 4.78 is 0. The van der Waals surface area contributed by atoms with Gasteiger partial charge in [-0.05, 0) is 30.5 Å². The third-order valence-corrected chi connectivity index (χ3v) is 3.32. The second-order valence-corrected chi connectivity index (χ2v) is 4.22. The smallest absolute Gasteiger partial charge is 0.321 e. The van der Waals surface area contributed by atoms with Crippen molar-refractivity contribution in [2.75, 3.05) is 6.54 Å². The van der Waals surface area contributed by atoms with E-state index in [0.717, 1.165) is 19.4 Å². The molecule has 1 aromatic carbocycles. The van der Waals surface area contributed by atoms with Gasteiger partial charge in [-0.2, -0.15) is 0 Å². The molecular weight excluding hydrogens is 202 g/mol. The van der Waals surface area contributed by atoms with Crippen molar-refractivity contribution < 1.29 is 9.90 Å². The Morgan fingerprint density at radius 3 is 2.94 bits per heavy atom. The molecule has 0 amide bonds. The molecule has 86 valence electrons. The molecule has 1 aliphatic rings. The number of hydrogen-bond acceptors (Lipinski definition) is 2. The minimum absolute atomic E-state index is 0.119. The van der Waals surface area contributed by atoms with E-state index in [4.69, 9.17) is 5.11 Å². The molecule has 1 heterocycles. The minimum atomic E-state index is -0.742. The second-order valence-electron chi connectivity index (χ2n) is 4.22. The summed E-state index contributed by atoms with van der Waals surface area (Å²) in [5.41, 5.74) is 2.46. The van der Waals surface area contributed by atoms with Crippen LogP contribution in [-0.2, 0) is 11.2 Å². The highest BCUT2D eigenvalue weighted by molar-refractivity contribution is 5.75. The van der Waals surface area contributed by atoms with Gasteiger partial charge >= 0.3 is 5.97 Å².